The van der Waals surface area contributed by atoms with Crippen LogP contribution in [0.1, 0.15) is 18.4 Å². The number of aromatic nitrogens is 1. The van der Waals surface area contributed by atoms with Gasteiger partial charge in [-0.2, -0.15) is 0 Å². The van der Waals surface area contributed by atoms with E-state index in [2.05, 4.69) is 16.1 Å². The molecule has 0 unspecified atom stereocenters. The Hall–Kier alpha value is -1.48. The third-order valence-corrected chi connectivity index (χ3v) is 3.21. The van der Waals surface area contributed by atoms with Gasteiger partial charge in [0.1, 0.15) is 5.75 Å². The second kappa shape index (κ2) is 3.52. The Bertz CT molecular complexity index is 526. The third-order valence-electron chi connectivity index (χ3n) is 3.21. The fraction of sp³-hybridized carbons (Fsp3) is 0.385. The lowest BCUT2D eigenvalue weighted by Gasteiger charge is -2.01. The van der Waals surface area contributed by atoms with Gasteiger partial charge in [0.25, 0.3) is 0 Å². The molecule has 0 spiro atoms. The van der Waals surface area contributed by atoms with Gasteiger partial charge in [-0.1, -0.05) is 0 Å². The molecule has 3 heteroatoms. The van der Waals surface area contributed by atoms with E-state index in [4.69, 9.17) is 0 Å². The van der Waals surface area contributed by atoms with Crippen molar-refractivity contribution in [3.05, 3.63) is 30.0 Å². The average molecular weight is 216 g/mol. The normalized spacial score (nSPS) is 15.8. The van der Waals surface area contributed by atoms with Gasteiger partial charge in [-0.3, -0.25) is 0 Å². The monoisotopic (exact) mass is 216 g/mol. The van der Waals surface area contributed by atoms with Crippen LogP contribution in [0, 0.1) is 0 Å². The van der Waals surface area contributed by atoms with E-state index in [9.17, 15) is 5.11 Å². The van der Waals surface area contributed by atoms with Crippen LogP contribution in [0.25, 0.3) is 10.9 Å². The highest BCUT2D eigenvalue weighted by molar-refractivity contribution is 5.85. The number of nitrogens with zero attached hydrogens (tertiary/aromatic N) is 1. The molecule has 1 saturated carbocycles. The van der Waals surface area contributed by atoms with Gasteiger partial charge in [-0.25, -0.2) is 0 Å². The first-order chi connectivity index (χ1) is 7.74. The molecule has 3 rings (SSSR count). The maximum atomic E-state index is 9.52. The molecule has 1 aliphatic carbocycles. The van der Waals surface area contributed by atoms with Crippen LogP contribution in [0.5, 0.6) is 5.75 Å². The number of hydrogen-bond acceptors (Lipinski definition) is 2. The molecule has 1 aliphatic rings. The molecule has 0 bridgehead atoms. The second-order valence-electron chi connectivity index (χ2n) is 4.62. The van der Waals surface area contributed by atoms with Gasteiger partial charge < -0.3 is 15.0 Å². The van der Waals surface area contributed by atoms with E-state index < -0.39 is 0 Å². The summed E-state index contributed by atoms with van der Waals surface area (Å²) in [5.41, 5.74) is 2.44. The Labute approximate surface area is 94.7 Å². The molecule has 2 N–H and O–H groups in total. The molecule has 2 aromatic rings. The molecule has 84 valence electrons. The fourth-order valence-electron chi connectivity index (χ4n) is 2.14. The van der Waals surface area contributed by atoms with Crippen LogP contribution in [0.2, 0.25) is 0 Å². The van der Waals surface area contributed by atoms with Crippen LogP contribution in [-0.2, 0) is 13.6 Å². The zero-order valence-electron chi connectivity index (χ0n) is 9.40. The fourth-order valence-corrected chi connectivity index (χ4v) is 2.14. The van der Waals surface area contributed by atoms with Crippen molar-refractivity contribution >= 4 is 10.9 Å². The van der Waals surface area contributed by atoms with Crippen molar-refractivity contribution < 1.29 is 5.11 Å². The number of aromatic hydroxyl groups is 1. The number of fused-ring (bicyclic) bond motifs is 1. The number of nitrogens with one attached hydrogen (secondary N) is 1. The first-order valence-electron chi connectivity index (χ1n) is 5.74. The Balaban J connectivity index is 1.98. The summed E-state index contributed by atoms with van der Waals surface area (Å²) in [6, 6.07) is 6.26. The summed E-state index contributed by atoms with van der Waals surface area (Å²) < 4.78 is 2.11. The maximum Gasteiger partial charge on any atom is 0.116 e. The summed E-state index contributed by atoms with van der Waals surface area (Å²) in [5.74, 6) is 0.339. The standard InChI is InChI=1S/C13H16N2O/c1-15-8-9(7-14-10-2-3-10)12-6-11(16)4-5-13(12)15/h4-6,8,10,14,16H,2-3,7H2,1H3. The van der Waals surface area contributed by atoms with Crippen molar-refractivity contribution in [2.24, 2.45) is 7.05 Å². The molecule has 16 heavy (non-hydrogen) atoms. The predicted octanol–water partition coefficient (Wildman–Crippen LogP) is 2.14. The topological polar surface area (TPSA) is 37.2 Å². The molecule has 0 saturated heterocycles. The summed E-state index contributed by atoms with van der Waals surface area (Å²) >= 11 is 0. The number of rotatable bonds is 3. The lowest BCUT2D eigenvalue weighted by atomic mass is 10.1. The minimum absolute atomic E-state index is 0.339. The van der Waals surface area contributed by atoms with Gasteiger partial charge in [-0.05, 0) is 36.6 Å². The Kier molecular flexibility index (Phi) is 2.14. The number of hydrogen-bond donors (Lipinski definition) is 2. The molecule has 0 aliphatic heterocycles. The molecule has 1 aromatic heterocycles. The second-order valence-corrected chi connectivity index (χ2v) is 4.62. The molecule has 1 aromatic carbocycles. The van der Waals surface area contributed by atoms with E-state index in [1.807, 2.05) is 19.2 Å². The molecular formula is C13H16N2O. The summed E-state index contributed by atoms with van der Waals surface area (Å²) in [4.78, 5) is 0. The van der Waals surface area contributed by atoms with E-state index in [0.717, 1.165) is 11.9 Å². The zero-order chi connectivity index (χ0) is 11.1. The number of benzene rings is 1. The first kappa shape index (κ1) is 9.73. The highest BCUT2D eigenvalue weighted by atomic mass is 16.3. The highest BCUT2D eigenvalue weighted by Gasteiger charge is 2.20. The highest BCUT2D eigenvalue weighted by Crippen LogP contribution is 2.26. The minimum Gasteiger partial charge on any atom is -0.508 e. The van der Waals surface area contributed by atoms with Gasteiger partial charge in [0.15, 0.2) is 0 Å². The number of phenolic OH excluding ortho intramolecular Hbond substituents is 1. The number of phenols is 1. The number of aryl methyl sites for hydroxylation is 1. The van der Waals surface area contributed by atoms with Crippen LogP contribution >= 0.6 is 0 Å². The molecule has 1 fully saturated rings. The lowest BCUT2D eigenvalue weighted by Crippen LogP contribution is -2.14. The van der Waals surface area contributed by atoms with Gasteiger partial charge in [0, 0.05) is 36.7 Å². The van der Waals surface area contributed by atoms with Crippen molar-refractivity contribution in [2.45, 2.75) is 25.4 Å². The van der Waals surface area contributed by atoms with Crippen LogP contribution in [-0.4, -0.2) is 15.7 Å². The van der Waals surface area contributed by atoms with Crippen molar-refractivity contribution in [2.75, 3.05) is 0 Å². The van der Waals surface area contributed by atoms with Crippen molar-refractivity contribution in [3.8, 4) is 5.75 Å². The first-order valence-corrected chi connectivity index (χ1v) is 5.74. The van der Waals surface area contributed by atoms with Gasteiger partial charge >= 0.3 is 0 Å². The zero-order valence-corrected chi connectivity index (χ0v) is 9.40. The van der Waals surface area contributed by atoms with Crippen molar-refractivity contribution in [3.63, 3.8) is 0 Å². The molecule has 3 nitrogen and oxygen atoms in total. The summed E-state index contributed by atoms with van der Waals surface area (Å²) in [7, 11) is 2.04. The van der Waals surface area contributed by atoms with Gasteiger partial charge in [0.2, 0.25) is 0 Å². The molecule has 0 amide bonds. The third kappa shape index (κ3) is 1.67. The van der Waals surface area contributed by atoms with E-state index in [1.54, 1.807) is 6.07 Å². The van der Waals surface area contributed by atoms with E-state index in [0.29, 0.717) is 11.8 Å². The smallest absolute Gasteiger partial charge is 0.116 e. The maximum absolute atomic E-state index is 9.52. The van der Waals surface area contributed by atoms with Crippen molar-refractivity contribution in [1.82, 2.24) is 9.88 Å². The van der Waals surface area contributed by atoms with Crippen LogP contribution < -0.4 is 5.32 Å². The van der Waals surface area contributed by atoms with Crippen LogP contribution in [0.3, 0.4) is 0 Å². The quantitative estimate of drug-likeness (QED) is 0.824. The molecule has 1 heterocycles. The summed E-state index contributed by atoms with van der Waals surface area (Å²) in [6.07, 6.45) is 4.74. The van der Waals surface area contributed by atoms with Gasteiger partial charge in [-0.15, -0.1) is 0 Å². The molecule has 0 atom stereocenters. The predicted molar refractivity (Wildman–Crippen MR) is 64.4 cm³/mol. The van der Waals surface area contributed by atoms with Crippen LogP contribution in [0.15, 0.2) is 24.4 Å². The van der Waals surface area contributed by atoms with E-state index in [-0.39, 0.29) is 0 Å². The van der Waals surface area contributed by atoms with Gasteiger partial charge in [0.05, 0.1) is 0 Å². The Morgan fingerprint density at radius 1 is 1.44 bits per heavy atom. The summed E-state index contributed by atoms with van der Waals surface area (Å²) in [6.45, 7) is 0.894. The largest absolute Gasteiger partial charge is 0.508 e. The van der Waals surface area contributed by atoms with E-state index >= 15 is 0 Å². The lowest BCUT2D eigenvalue weighted by molar-refractivity contribution is 0.476. The van der Waals surface area contributed by atoms with E-state index in [1.165, 1.54) is 23.9 Å². The average Bonchev–Trinajstić information content (AvgIpc) is 3.03. The molecule has 0 radical (unpaired) electrons. The molecular weight excluding hydrogens is 200 g/mol. The summed E-state index contributed by atoms with van der Waals surface area (Å²) in [5, 5.41) is 14.2. The minimum atomic E-state index is 0.339. The van der Waals surface area contributed by atoms with Crippen molar-refractivity contribution in [1.29, 1.82) is 0 Å². The SMILES string of the molecule is Cn1cc(CNC2CC2)c2cc(O)ccc21. The van der Waals surface area contributed by atoms with Crippen LogP contribution in [0.4, 0.5) is 0 Å². The Morgan fingerprint density at radius 3 is 3.00 bits per heavy atom. The Morgan fingerprint density at radius 2 is 2.25 bits per heavy atom.